The van der Waals surface area contributed by atoms with E-state index >= 15 is 0 Å². The van der Waals surface area contributed by atoms with Crippen molar-refractivity contribution in [1.82, 2.24) is 4.98 Å². The zero-order chi connectivity index (χ0) is 11.5. The normalized spacial score (nSPS) is 11.0. The average molecular weight is 215 g/mol. The molecule has 84 valence electrons. The Kier molecular flexibility index (Phi) is 3.09. The number of nitrogens with zero attached hydrogens (tertiary/aromatic N) is 1. The van der Waals surface area contributed by atoms with Gasteiger partial charge in [-0.25, -0.2) is 4.98 Å². The Morgan fingerprint density at radius 3 is 2.69 bits per heavy atom. The Labute approximate surface area is 96.3 Å². The predicted molar refractivity (Wildman–Crippen MR) is 66.9 cm³/mol. The van der Waals surface area contributed by atoms with E-state index in [1.165, 1.54) is 10.9 Å². The number of hydrogen-bond acceptors (Lipinski definition) is 2. The van der Waals surface area contributed by atoms with Crippen molar-refractivity contribution >= 4 is 10.9 Å². The molecule has 2 heteroatoms. The van der Waals surface area contributed by atoms with Gasteiger partial charge in [-0.2, -0.15) is 0 Å². The zero-order valence-corrected chi connectivity index (χ0v) is 10.0. The SMILES string of the molecule is CCc1cc2ccccc2nc1OC(C)C. The van der Waals surface area contributed by atoms with Crippen molar-refractivity contribution in [3.8, 4) is 5.88 Å². The van der Waals surface area contributed by atoms with E-state index in [0.29, 0.717) is 0 Å². The molecule has 0 spiro atoms. The minimum absolute atomic E-state index is 0.166. The van der Waals surface area contributed by atoms with Crippen LogP contribution in [-0.4, -0.2) is 11.1 Å². The lowest BCUT2D eigenvalue weighted by molar-refractivity contribution is 0.231. The molecule has 1 aromatic carbocycles. The molecule has 16 heavy (non-hydrogen) atoms. The molecule has 1 heterocycles. The number of hydrogen-bond donors (Lipinski definition) is 0. The maximum Gasteiger partial charge on any atom is 0.217 e. The van der Waals surface area contributed by atoms with E-state index in [-0.39, 0.29) is 6.10 Å². The van der Waals surface area contributed by atoms with Crippen molar-refractivity contribution in [3.05, 3.63) is 35.9 Å². The summed E-state index contributed by atoms with van der Waals surface area (Å²) in [4.78, 5) is 4.56. The molecule has 0 bridgehead atoms. The van der Waals surface area contributed by atoms with Crippen molar-refractivity contribution in [1.29, 1.82) is 0 Å². The molecule has 0 aliphatic heterocycles. The van der Waals surface area contributed by atoms with E-state index in [1.54, 1.807) is 0 Å². The van der Waals surface area contributed by atoms with Gasteiger partial charge in [0.05, 0.1) is 11.6 Å². The fraction of sp³-hybridized carbons (Fsp3) is 0.357. The van der Waals surface area contributed by atoms with Gasteiger partial charge >= 0.3 is 0 Å². The van der Waals surface area contributed by atoms with Gasteiger partial charge in [0.2, 0.25) is 5.88 Å². The molecule has 0 aliphatic carbocycles. The number of benzene rings is 1. The molecule has 0 fully saturated rings. The second-order valence-corrected chi connectivity index (χ2v) is 4.17. The third kappa shape index (κ3) is 2.16. The van der Waals surface area contributed by atoms with Crippen LogP contribution in [-0.2, 0) is 6.42 Å². The van der Waals surface area contributed by atoms with Crippen molar-refractivity contribution < 1.29 is 4.74 Å². The molecule has 0 saturated heterocycles. The van der Waals surface area contributed by atoms with E-state index in [2.05, 4.69) is 24.0 Å². The highest BCUT2D eigenvalue weighted by molar-refractivity contribution is 5.80. The second-order valence-electron chi connectivity index (χ2n) is 4.17. The van der Waals surface area contributed by atoms with Crippen LogP contribution in [0.4, 0.5) is 0 Å². The van der Waals surface area contributed by atoms with Gasteiger partial charge in [0, 0.05) is 10.9 Å². The van der Waals surface area contributed by atoms with E-state index in [1.807, 2.05) is 32.0 Å². The predicted octanol–water partition coefficient (Wildman–Crippen LogP) is 3.58. The van der Waals surface area contributed by atoms with Gasteiger partial charge in [0.1, 0.15) is 0 Å². The van der Waals surface area contributed by atoms with Crippen LogP contribution >= 0.6 is 0 Å². The number of ether oxygens (including phenoxy) is 1. The monoisotopic (exact) mass is 215 g/mol. The first kappa shape index (κ1) is 10.9. The molecular weight excluding hydrogens is 198 g/mol. The molecule has 0 unspecified atom stereocenters. The Hall–Kier alpha value is -1.57. The molecule has 0 N–H and O–H groups in total. The summed E-state index contributed by atoms with van der Waals surface area (Å²) >= 11 is 0. The average Bonchev–Trinajstić information content (AvgIpc) is 2.27. The fourth-order valence-corrected chi connectivity index (χ4v) is 1.72. The highest BCUT2D eigenvalue weighted by atomic mass is 16.5. The van der Waals surface area contributed by atoms with Crippen LogP contribution in [0, 0.1) is 0 Å². The Morgan fingerprint density at radius 1 is 1.25 bits per heavy atom. The van der Waals surface area contributed by atoms with E-state index in [9.17, 15) is 0 Å². The Balaban J connectivity index is 2.53. The van der Waals surface area contributed by atoms with Crippen molar-refractivity contribution in [2.75, 3.05) is 0 Å². The summed E-state index contributed by atoms with van der Waals surface area (Å²) in [6, 6.07) is 10.3. The van der Waals surface area contributed by atoms with Gasteiger partial charge in [-0.05, 0) is 32.4 Å². The number of pyridine rings is 1. The molecule has 2 rings (SSSR count). The zero-order valence-electron chi connectivity index (χ0n) is 10.0. The minimum atomic E-state index is 0.166. The van der Waals surface area contributed by atoms with Crippen molar-refractivity contribution in [2.24, 2.45) is 0 Å². The molecule has 1 aromatic heterocycles. The van der Waals surface area contributed by atoms with Gasteiger partial charge in [-0.15, -0.1) is 0 Å². The van der Waals surface area contributed by atoms with Crippen LogP contribution in [0.15, 0.2) is 30.3 Å². The largest absolute Gasteiger partial charge is 0.475 e. The molecule has 2 nitrogen and oxygen atoms in total. The lowest BCUT2D eigenvalue weighted by Gasteiger charge is -2.13. The third-order valence-electron chi connectivity index (χ3n) is 2.49. The first-order chi connectivity index (χ1) is 7.70. The molecule has 0 aliphatic rings. The van der Waals surface area contributed by atoms with Crippen LogP contribution in [0.2, 0.25) is 0 Å². The van der Waals surface area contributed by atoms with Gasteiger partial charge in [0.25, 0.3) is 0 Å². The van der Waals surface area contributed by atoms with Crippen molar-refractivity contribution in [3.63, 3.8) is 0 Å². The van der Waals surface area contributed by atoms with E-state index < -0.39 is 0 Å². The molecule has 0 amide bonds. The van der Waals surface area contributed by atoms with Gasteiger partial charge in [-0.1, -0.05) is 25.1 Å². The number of aromatic nitrogens is 1. The smallest absolute Gasteiger partial charge is 0.217 e. The van der Waals surface area contributed by atoms with Crippen LogP contribution < -0.4 is 4.74 Å². The van der Waals surface area contributed by atoms with Crippen LogP contribution in [0.3, 0.4) is 0 Å². The summed E-state index contributed by atoms with van der Waals surface area (Å²) < 4.78 is 5.73. The minimum Gasteiger partial charge on any atom is -0.475 e. The highest BCUT2D eigenvalue weighted by Gasteiger charge is 2.07. The van der Waals surface area contributed by atoms with Crippen LogP contribution in [0.25, 0.3) is 10.9 Å². The summed E-state index contributed by atoms with van der Waals surface area (Å²) in [5.74, 6) is 0.774. The van der Waals surface area contributed by atoms with Gasteiger partial charge in [0.15, 0.2) is 0 Å². The Bertz CT molecular complexity index is 491. The summed E-state index contributed by atoms with van der Waals surface area (Å²) in [6.45, 7) is 6.17. The highest BCUT2D eigenvalue weighted by Crippen LogP contribution is 2.23. The standard InChI is InChI=1S/C14H17NO/c1-4-11-9-12-7-5-6-8-13(12)15-14(11)16-10(2)3/h5-10H,4H2,1-3H3. The number of para-hydroxylation sites is 1. The molecule has 0 radical (unpaired) electrons. The first-order valence-electron chi connectivity index (χ1n) is 5.76. The maximum absolute atomic E-state index is 5.73. The quantitative estimate of drug-likeness (QED) is 0.780. The van der Waals surface area contributed by atoms with Crippen LogP contribution in [0.1, 0.15) is 26.3 Å². The Morgan fingerprint density at radius 2 is 2.00 bits per heavy atom. The number of rotatable bonds is 3. The van der Waals surface area contributed by atoms with E-state index in [4.69, 9.17) is 4.74 Å². The summed E-state index contributed by atoms with van der Waals surface area (Å²) in [7, 11) is 0. The molecule has 2 aromatic rings. The molecule has 0 saturated carbocycles. The lowest BCUT2D eigenvalue weighted by Crippen LogP contribution is -2.09. The van der Waals surface area contributed by atoms with Crippen LogP contribution in [0.5, 0.6) is 5.88 Å². The van der Waals surface area contributed by atoms with Gasteiger partial charge in [-0.3, -0.25) is 0 Å². The first-order valence-corrected chi connectivity index (χ1v) is 5.76. The number of fused-ring (bicyclic) bond motifs is 1. The molecular formula is C14H17NO. The summed E-state index contributed by atoms with van der Waals surface area (Å²) in [5.41, 5.74) is 2.17. The van der Waals surface area contributed by atoms with Crippen molar-refractivity contribution in [2.45, 2.75) is 33.3 Å². The lowest BCUT2D eigenvalue weighted by atomic mass is 10.1. The summed E-state index contributed by atoms with van der Waals surface area (Å²) in [5, 5.41) is 1.18. The number of aryl methyl sites for hydroxylation is 1. The van der Waals surface area contributed by atoms with E-state index in [0.717, 1.165) is 17.8 Å². The summed E-state index contributed by atoms with van der Waals surface area (Å²) in [6.07, 6.45) is 1.11. The topological polar surface area (TPSA) is 22.1 Å². The van der Waals surface area contributed by atoms with Gasteiger partial charge < -0.3 is 4.74 Å². The second kappa shape index (κ2) is 4.52. The fourth-order valence-electron chi connectivity index (χ4n) is 1.72. The maximum atomic E-state index is 5.73. The third-order valence-corrected chi connectivity index (χ3v) is 2.49. The molecule has 0 atom stereocenters.